The molecule has 0 aliphatic heterocycles. The fourth-order valence-electron chi connectivity index (χ4n) is 3.77. The Hall–Kier alpha value is -3.11. The van der Waals surface area contributed by atoms with E-state index in [1.807, 2.05) is 0 Å². The molecule has 0 heterocycles. The van der Waals surface area contributed by atoms with Gasteiger partial charge in [0.15, 0.2) is 0 Å². The number of carbonyl (C=O) groups is 1. The van der Waals surface area contributed by atoms with Crippen LogP contribution in [0.4, 0.5) is 0 Å². The number of hydrogen-bond acceptors (Lipinski definition) is 3. The minimum absolute atomic E-state index is 0.0205. The molecule has 0 saturated carbocycles. The van der Waals surface area contributed by atoms with Gasteiger partial charge in [0.2, 0.25) is 0 Å². The van der Waals surface area contributed by atoms with Gasteiger partial charge < -0.3 is 15.2 Å². The first kappa shape index (κ1) is 18.3. The van der Waals surface area contributed by atoms with Gasteiger partial charge in [-0.05, 0) is 53.6 Å². The molecule has 0 fully saturated rings. The van der Waals surface area contributed by atoms with Gasteiger partial charge in [0, 0.05) is 18.5 Å². The average Bonchev–Trinajstić information content (AvgIpc) is 3.14. The summed E-state index contributed by atoms with van der Waals surface area (Å²) in [6, 6.07) is 21.9. The van der Waals surface area contributed by atoms with Crippen molar-refractivity contribution in [2.45, 2.75) is 31.5 Å². The maximum absolute atomic E-state index is 10.9. The second-order valence-electron chi connectivity index (χ2n) is 7.17. The maximum atomic E-state index is 10.9. The van der Waals surface area contributed by atoms with Gasteiger partial charge in [-0.2, -0.15) is 0 Å². The van der Waals surface area contributed by atoms with E-state index in [2.05, 4.69) is 66.9 Å². The zero-order valence-electron chi connectivity index (χ0n) is 15.7. The van der Waals surface area contributed by atoms with Crippen molar-refractivity contribution < 1.29 is 14.6 Å². The SMILES string of the molecule is CC(NC1C=CC(Oc2ccc(C(=O)O)cc2)C1)c1cccc2ccccc12. The van der Waals surface area contributed by atoms with Crippen molar-refractivity contribution >= 4 is 16.7 Å². The van der Waals surface area contributed by atoms with E-state index in [0.29, 0.717) is 5.75 Å². The molecule has 1 aliphatic carbocycles. The quantitative estimate of drug-likeness (QED) is 0.599. The van der Waals surface area contributed by atoms with Gasteiger partial charge in [-0.25, -0.2) is 4.79 Å². The van der Waals surface area contributed by atoms with Crippen molar-refractivity contribution in [3.8, 4) is 5.75 Å². The van der Waals surface area contributed by atoms with E-state index in [1.165, 1.54) is 16.3 Å². The lowest BCUT2D eigenvalue weighted by molar-refractivity contribution is 0.0697. The minimum Gasteiger partial charge on any atom is -0.486 e. The molecule has 0 radical (unpaired) electrons. The first-order valence-corrected chi connectivity index (χ1v) is 9.52. The van der Waals surface area contributed by atoms with Crippen LogP contribution in [-0.2, 0) is 0 Å². The van der Waals surface area contributed by atoms with Crippen LogP contribution >= 0.6 is 0 Å². The number of hydrogen-bond donors (Lipinski definition) is 2. The summed E-state index contributed by atoms with van der Waals surface area (Å²) in [4.78, 5) is 10.9. The molecule has 1 aliphatic rings. The molecular formula is C24H23NO3. The van der Waals surface area contributed by atoms with Crippen LogP contribution in [0, 0.1) is 0 Å². The highest BCUT2D eigenvalue weighted by molar-refractivity contribution is 5.87. The third-order valence-electron chi connectivity index (χ3n) is 5.19. The molecule has 3 unspecified atom stereocenters. The van der Waals surface area contributed by atoms with Gasteiger partial charge in [-0.3, -0.25) is 0 Å². The van der Waals surface area contributed by atoms with Crippen molar-refractivity contribution in [1.29, 1.82) is 0 Å². The number of nitrogens with one attached hydrogen (secondary N) is 1. The maximum Gasteiger partial charge on any atom is 0.335 e. The van der Waals surface area contributed by atoms with E-state index < -0.39 is 5.97 Å². The Morgan fingerprint density at radius 1 is 1.04 bits per heavy atom. The zero-order chi connectivity index (χ0) is 19.5. The highest BCUT2D eigenvalue weighted by Gasteiger charge is 2.22. The Labute approximate surface area is 164 Å². The van der Waals surface area contributed by atoms with Crippen LogP contribution in [-0.4, -0.2) is 23.2 Å². The molecule has 4 heteroatoms. The molecule has 3 aromatic carbocycles. The molecule has 142 valence electrons. The first-order valence-electron chi connectivity index (χ1n) is 9.52. The van der Waals surface area contributed by atoms with Crippen LogP contribution in [0.15, 0.2) is 78.9 Å². The fraction of sp³-hybridized carbons (Fsp3) is 0.208. The minimum atomic E-state index is -0.931. The van der Waals surface area contributed by atoms with E-state index in [0.717, 1.165) is 6.42 Å². The van der Waals surface area contributed by atoms with Crippen LogP contribution < -0.4 is 10.1 Å². The fourth-order valence-corrected chi connectivity index (χ4v) is 3.77. The Morgan fingerprint density at radius 2 is 1.79 bits per heavy atom. The van der Waals surface area contributed by atoms with Crippen LogP contribution in [0.5, 0.6) is 5.75 Å². The highest BCUT2D eigenvalue weighted by Crippen LogP contribution is 2.26. The van der Waals surface area contributed by atoms with Crippen LogP contribution in [0.25, 0.3) is 10.8 Å². The Balaban J connectivity index is 1.38. The standard InChI is InChI=1S/C24H23NO3/c1-16(22-8-4-6-17-5-2-3-7-23(17)22)25-19-11-14-21(15-19)28-20-12-9-18(10-13-20)24(26)27/h2-14,16,19,21,25H,15H2,1H3,(H,26,27). The summed E-state index contributed by atoms with van der Waals surface area (Å²) in [5.74, 6) is -0.249. The molecule has 3 atom stereocenters. The third-order valence-corrected chi connectivity index (χ3v) is 5.19. The third kappa shape index (κ3) is 3.92. The molecule has 4 nitrogen and oxygen atoms in total. The lowest BCUT2D eigenvalue weighted by Gasteiger charge is -2.21. The summed E-state index contributed by atoms with van der Waals surface area (Å²) >= 11 is 0. The number of benzene rings is 3. The number of carboxylic acid groups (broad SMARTS) is 1. The average molecular weight is 373 g/mol. The predicted molar refractivity (Wildman–Crippen MR) is 111 cm³/mol. The molecule has 0 bridgehead atoms. The van der Waals surface area contributed by atoms with Gasteiger partial charge in [0.1, 0.15) is 11.9 Å². The second kappa shape index (κ2) is 7.87. The number of rotatable bonds is 6. The monoisotopic (exact) mass is 373 g/mol. The number of carboxylic acids is 1. The summed E-state index contributed by atoms with van der Waals surface area (Å²) in [7, 11) is 0. The Kier molecular flexibility index (Phi) is 5.13. The van der Waals surface area contributed by atoms with Crippen LogP contribution in [0.2, 0.25) is 0 Å². The van der Waals surface area contributed by atoms with Crippen molar-refractivity contribution in [1.82, 2.24) is 5.32 Å². The zero-order valence-corrected chi connectivity index (χ0v) is 15.7. The molecule has 3 aromatic rings. The van der Waals surface area contributed by atoms with Gasteiger partial charge in [-0.15, -0.1) is 0 Å². The highest BCUT2D eigenvalue weighted by atomic mass is 16.5. The van der Waals surface area contributed by atoms with E-state index in [9.17, 15) is 4.79 Å². The van der Waals surface area contributed by atoms with E-state index >= 15 is 0 Å². The van der Waals surface area contributed by atoms with Crippen LogP contribution in [0.1, 0.15) is 35.3 Å². The summed E-state index contributed by atoms with van der Waals surface area (Å²) in [5.41, 5.74) is 1.55. The van der Waals surface area contributed by atoms with E-state index in [-0.39, 0.29) is 23.8 Å². The summed E-state index contributed by atoms with van der Waals surface area (Å²) in [6.45, 7) is 2.19. The largest absolute Gasteiger partial charge is 0.486 e. The molecular weight excluding hydrogens is 350 g/mol. The number of aromatic carboxylic acids is 1. The van der Waals surface area contributed by atoms with E-state index in [4.69, 9.17) is 9.84 Å². The van der Waals surface area contributed by atoms with Crippen molar-refractivity contribution in [3.05, 3.63) is 90.0 Å². The van der Waals surface area contributed by atoms with Gasteiger partial charge in [-0.1, -0.05) is 48.5 Å². The summed E-state index contributed by atoms with van der Waals surface area (Å²) in [6.07, 6.45) is 5.04. The summed E-state index contributed by atoms with van der Waals surface area (Å²) < 4.78 is 5.98. The topological polar surface area (TPSA) is 58.6 Å². The van der Waals surface area contributed by atoms with Crippen molar-refractivity contribution in [2.24, 2.45) is 0 Å². The Bertz CT molecular complexity index is 1000. The molecule has 28 heavy (non-hydrogen) atoms. The molecule has 0 saturated heterocycles. The smallest absolute Gasteiger partial charge is 0.335 e. The molecule has 0 spiro atoms. The van der Waals surface area contributed by atoms with Crippen molar-refractivity contribution in [3.63, 3.8) is 0 Å². The van der Waals surface area contributed by atoms with E-state index in [1.54, 1.807) is 24.3 Å². The molecule has 4 rings (SSSR count). The molecule has 0 aromatic heterocycles. The van der Waals surface area contributed by atoms with Gasteiger partial charge in [0.05, 0.1) is 5.56 Å². The first-order chi connectivity index (χ1) is 13.6. The lowest BCUT2D eigenvalue weighted by Crippen LogP contribution is -2.30. The normalized spacial score (nSPS) is 19.6. The van der Waals surface area contributed by atoms with Gasteiger partial charge in [0.25, 0.3) is 0 Å². The number of ether oxygens (including phenoxy) is 1. The lowest BCUT2D eigenvalue weighted by atomic mass is 9.99. The number of fused-ring (bicyclic) bond motifs is 1. The Morgan fingerprint density at radius 3 is 2.57 bits per heavy atom. The second-order valence-corrected chi connectivity index (χ2v) is 7.17. The van der Waals surface area contributed by atoms with Crippen molar-refractivity contribution in [2.75, 3.05) is 0 Å². The van der Waals surface area contributed by atoms with Gasteiger partial charge >= 0.3 is 5.97 Å². The molecule has 2 N–H and O–H groups in total. The van der Waals surface area contributed by atoms with Crippen LogP contribution in [0.3, 0.4) is 0 Å². The molecule has 0 amide bonds. The summed E-state index contributed by atoms with van der Waals surface area (Å²) in [5, 5.41) is 15.2. The predicted octanol–water partition coefficient (Wildman–Crippen LogP) is 4.96.